The molecule has 0 aromatic carbocycles. The molecule has 0 amide bonds. The molecule has 0 saturated heterocycles. The van der Waals surface area contributed by atoms with E-state index in [-0.39, 0.29) is 0 Å². The third kappa shape index (κ3) is 1.86. The van der Waals surface area contributed by atoms with Gasteiger partial charge in [-0.3, -0.25) is 4.55 Å². The predicted octanol–water partition coefficient (Wildman–Crippen LogP) is -0.319. The van der Waals surface area contributed by atoms with Gasteiger partial charge in [0, 0.05) is 0 Å². The fourth-order valence-electron chi connectivity index (χ4n) is 0.199. The Hall–Kier alpha value is -0.800. The average Bonchev–Trinajstić information content (AvgIpc) is 1.61. The second-order valence-electron chi connectivity index (χ2n) is 2.22. The summed E-state index contributed by atoms with van der Waals surface area (Å²) in [5.74, 6) is 0. The van der Waals surface area contributed by atoms with E-state index >= 15 is 0 Å². The van der Waals surface area contributed by atoms with Gasteiger partial charge >= 0.3 is 0 Å². The quantitative estimate of drug-likeness (QED) is 0.331. The van der Waals surface area contributed by atoms with Crippen LogP contribution in [0.4, 0.5) is 0 Å². The van der Waals surface area contributed by atoms with Crippen molar-refractivity contribution < 1.29 is 13.0 Å². The first kappa shape index (κ1) is 9.20. The molecule has 2 N–H and O–H groups in total. The van der Waals surface area contributed by atoms with E-state index < -0.39 is 15.0 Å². The van der Waals surface area contributed by atoms with Gasteiger partial charge in [0.1, 0.15) is 0 Å². The molecule has 0 aliphatic heterocycles. The Morgan fingerprint density at radius 3 is 2.10 bits per heavy atom. The average molecular weight is 164 g/mol. The van der Waals surface area contributed by atoms with Crippen LogP contribution in [0.25, 0.3) is 0 Å². The molecule has 0 radical (unpaired) electrons. The van der Waals surface area contributed by atoms with Crippen LogP contribution in [0.15, 0.2) is 0 Å². The van der Waals surface area contributed by atoms with E-state index in [9.17, 15) is 8.42 Å². The summed E-state index contributed by atoms with van der Waals surface area (Å²) >= 11 is 0. The molecule has 58 valence electrons. The molecule has 0 aliphatic carbocycles. The maximum Gasteiger partial charge on any atom is 0.289 e. The highest BCUT2D eigenvalue weighted by molar-refractivity contribution is 7.87. The molecule has 10 heavy (non-hydrogen) atoms. The van der Waals surface area contributed by atoms with Gasteiger partial charge in [-0.05, 0) is 13.8 Å². The molecule has 0 unspecified atom stereocenters. The lowest BCUT2D eigenvalue weighted by molar-refractivity contribution is 0.429. The van der Waals surface area contributed by atoms with Gasteiger partial charge in [-0.1, -0.05) is 0 Å². The highest BCUT2D eigenvalue weighted by Gasteiger charge is 2.31. The summed E-state index contributed by atoms with van der Waals surface area (Å²) in [6.45, 7) is 2.37. The molecule has 0 bridgehead atoms. The van der Waals surface area contributed by atoms with E-state index in [1.807, 2.05) is 5.32 Å². The molecule has 5 nitrogen and oxygen atoms in total. The molecule has 0 atom stereocenters. The van der Waals surface area contributed by atoms with Crippen LogP contribution in [0.3, 0.4) is 0 Å². The lowest BCUT2D eigenvalue weighted by atomic mass is 10.4. The first-order chi connectivity index (χ1) is 4.31. The van der Waals surface area contributed by atoms with Gasteiger partial charge in [0.05, 0.1) is 0 Å². The van der Waals surface area contributed by atoms with E-state index in [2.05, 4.69) is 0 Å². The zero-order valence-electron chi connectivity index (χ0n) is 5.62. The van der Waals surface area contributed by atoms with Crippen LogP contribution in [0, 0.1) is 11.5 Å². The molecule has 0 saturated carbocycles. The van der Waals surface area contributed by atoms with E-state index in [4.69, 9.17) is 9.81 Å². The first-order valence-electron chi connectivity index (χ1n) is 2.44. The summed E-state index contributed by atoms with van der Waals surface area (Å²) in [6, 6.07) is 0. The first-order valence-corrected chi connectivity index (χ1v) is 3.88. The summed E-state index contributed by atoms with van der Waals surface area (Å²) in [6.07, 6.45) is 1.43. The monoisotopic (exact) mass is 164 g/mol. The zero-order valence-corrected chi connectivity index (χ0v) is 6.44. The summed E-state index contributed by atoms with van der Waals surface area (Å²) in [4.78, 5) is -1.60. The van der Waals surface area contributed by atoms with Crippen molar-refractivity contribution in [3.8, 4) is 6.19 Å². The zero-order chi connectivity index (χ0) is 8.41. The molecule has 0 spiro atoms. The number of hydrogen-bond donors (Lipinski definition) is 2. The molecule has 0 aromatic heterocycles. The Bertz CT molecular complexity index is 248. The van der Waals surface area contributed by atoms with Crippen molar-refractivity contribution in [2.75, 3.05) is 0 Å². The summed E-state index contributed by atoms with van der Waals surface area (Å²) in [7, 11) is -4.20. The van der Waals surface area contributed by atoms with Crippen molar-refractivity contribution in [3.05, 3.63) is 0 Å². The van der Waals surface area contributed by atoms with Gasteiger partial charge in [0.2, 0.25) is 0 Å². The molecule has 6 heteroatoms. The van der Waals surface area contributed by atoms with E-state index in [0.29, 0.717) is 0 Å². The van der Waals surface area contributed by atoms with Crippen LogP contribution >= 0.6 is 0 Å². The summed E-state index contributed by atoms with van der Waals surface area (Å²) in [5.41, 5.74) is 0. The Kier molecular flexibility index (Phi) is 2.24. The standard InChI is InChI=1S/C4H8N2O3S/c1-4(2,6-3-5)10(7,8)9/h6H,1-2H3,(H,7,8,9). The molecule has 0 fully saturated rings. The van der Waals surface area contributed by atoms with Gasteiger partial charge in [-0.2, -0.15) is 13.7 Å². The van der Waals surface area contributed by atoms with Crippen LogP contribution in [0.5, 0.6) is 0 Å². The van der Waals surface area contributed by atoms with Crippen molar-refractivity contribution in [3.63, 3.8) is 0 Å². The third-order valence-electron chi connectivity index (χ3n) is 1.00. The van der Waals surface area contributed by atoms with Crippen molar-refractivity contribution >= 4 is 10.1 Å². The molecular formula is C4H8N2O3S. The normalized spacial score (nSPS) is 12.2. The van der Waals surface area contributed by atoms with E-state index in [0.717, 1.165) is 0 Å². The van der Waals surface area contributed by atoms with Crippen molar-refractivity contribution in [1.29, 1.82) is 5.26 Å². The minimum atomic E-state index is -4.20. The molecule has 0 aliphatic rings. The molecular weight excluding hydrogens is 156 g/mol. The lowest BCUT2D eigenvalue weighted by Crippen LogP contribution is -2.43. The van der Waals surface area contributed by atoms with Crippen molar-refractivity contribution in [2.45, 2.75) is 18.7 Å². The summed E-state index contributed by atoms with van der Waals surface area (Å²) < 4.78 is 29.2. The van der Waals surface area contributed by atoms with Crippen LogP contribution in [-0.4, -0.2) is 17.8 Å². The number of nitriles is 1. The smallest absolute Gasteiger partial charge is 0.289 e. The maximum absolute atomic E-state index is 10.4. The van der Waals surface area contributed by atoms with Crippen LogP contribution in [0.1, 0.15) is 13.8 Å². The Morgan fingerprint density at radius 2 is 2.00 bits per heavy atom. The van der Waals surface area contributed by atoms with Crippen molar-refractivity contribution in [2.24, 2.45) is 0 Å². The Morgan fingerprint density at radius 1 is 1.60 bits per heavy atom. The Balaban J connectivity index is 4.62. The minimum absolute atomic E-state index is 1.19. The molecule has 0 rings (SSSR count). The van der Waals surface area contributed by atoms with E-state index in [1.54, 1.807) is 0 Å². The maximum atomic E-state index is 10.4. The van der Waals surface area contributed by atoms with Gasteiger partial charge in [0.15, 0.2) is 11.1 Å². The lowest BCUT2D eigenvalue weighted by Gasteiger charge is -2.17. The second-order valence-corrected chi connectivity index (χ2v) is 4.19. The van der Waals surface area contributed by atoms with Crippen LogP contribution in [0.2, 0.25) is 0 Å². The van der Waals surface area contributed by atoms with Gasteiger partial charge in [-0.15, -0.1) is 0 Å². The summed E-state index contributed by atoms with van der Waals surface area (Å²) in [5, 5.41) is 9.96. The molecule has 0 heterocycles. The van der Waals surface area contributed by atoms with Crippen molar-refractivity contribution in [1.82, 2.24) is 5.32 Å². The minimum Gasteiger partial charge on any atom is -0.302 e. The number of nitrogens with one attached hydrogen (secondary N) is 1. The topological polar surface area (TPSA) is 90.2 Å². The Labute approximate surface area is 59.4 Å². The fraction of sp³-hybridized carbons (Fsp3) is 0.750. The second kappa shape index (κ2) is 2.44. The fourth-order valence-corrected chi connectivity index (χ4v) is 0.374. The van der Waals surface area contributed by atoms with Gasteiger partial charge in [-0.25, -0.2) is 0 Å². The van der Waals surface area contributed by atoms with E-state index in [1.165, 1.54) is 20.0 Å². The SMILES string of the molecule is CC(C)(NC#N)S(=O)(=O)O. The van der Waals surface area contributed by atoms with Gasteiger partial charge < -0.3 is 5.32 Å². The number of nitrogens with zero attached hydrogens (tertiary/aromatic N) is 1. The van der Waals surface area contributed by atoms with Gasteiger partial charge in [0.25, 0.3) is 10.1 Å². The molecule has 0 aromatic rings. The highest BCUT2D eigenvalue weighted by Crippen LogP contribution is 2.08. The number of hydrogen-bond acceptors (Lipinski definition) is 4. The number of rotatable bonds is 2. The van der Waals surface area contributed by atoms with Crippen LogP contribution < -0.4 is 5.32 Å². The largest absolute Gasteiger partial charge is 0.302 e. The third-order valence-corrected chi connectivity index (χ3v) is 2.39. The predicted molar refractivity (Wildman–Crippen MR) is 34.4 cm³/mol. The highest BCUT2D eigenvalue weighted by atomic mass is 32.2. The van der Waals surface area contributed by atoms with Crippen LogP contribution in [-0.2, 0) is 10.1 Å².